The molecule has 3 rings (SSSR count). The molecule has 162 valence electrons. The van der Waals surface area contributed by atoms with Gasteiger partial charge in [-0.3, -0.25) is 10.1 Å². The van der Waals surface area contributed by atoms with Gasteiger partial charge in [-0.15, -0.1) is 10.2 Å². The highest BCUT2D eigenvalue weighted by Gasteiger charge is 2.19. The molecule has 0 radical (unpaired) electrons. The van der Waals surface area contributed by atoms with E-state index in [0.717, 1.165) is 22.6 Å². The fourth-order valence-electron chi connectivity index (χ4n) is 2.66. The molecule has 0 aliphatic rings. The lowest BCUT2D eigenvalue weighted by Gasteiger charge is -2.12. The normalized spacial score (nSPS) is 11.5. The predicted molar refractivity (Wildman–Crippen MR) is 125 cm³/mol. The largest absolute Gasteiger partial charge is 0.497 e. The number of anilines is 3. The van der Waals surface area contributed by atoms with E-state index in [1.165, 1.54) is 23.1 Å². The maximum Gasteiger partial charge on any atom is 0.325 e. The van der Waals surface area contributed by atoms with Crippen LogP contribution >= 0.6 is 23.1 Å². The minimum Gasteiger partial charge on any atom is -0.497 e. The van der Waals surface area contributed by atoms with Crippen LogP contribution < -0.4 is 20.7 Å². The van der Waals surface area contributed by atoms with Crippen LogP contribution in [0.1, 0.15) is 18.1 Å². The Labute approximate surface area is 188 Å². The van der Waals surface area contributed by atoms with Gasteiger partial charge in [0, 0.05) is 17.4 Å². The lowest BCUT2D eigenvalue weighted by Crippen LogP contribution is -2.39. The van der Waals surface area contributed by atoms with Crippen molar-refractivity contribution in [3.8, 4) is 5.75 Å². The number of nitrogens with one attached hydrogen (secondary N) is 3. The van der Waals surface area contributed by atoms with Gasteiger partial charge in [0.25, 0.3) is 0 Å². The molecule has 1 aromatic heterocycles. The molecule has 0 aliphatic carbocycles. The number of thioether (sulfide) groups is 1. The van der Waals surface area contributed by atoms with E-state index in [9.17, 15) is 9.59 Å². The van der Waals surface area contributed by atoms with Crippen molar-refractivity contribution in [2.75, 3.05) is 17.7 Å². The Morgan fingerprint density at radius 2 is 1.94 bits per heavy atom. The smallest absolute Gasteiger partial charge is 0.325 e. The minimum atomic E-state index is -0.568. The number of rotatable bonds is 7. The third kappa shape index (κ3) is 6.43. The molecule has 10 heteroatoms. The van der Waals surface area contributed by atoms with E-state index < -0.39 is 17.2 Å². The van der Waals surface area contributed by atoms with E-state index in [1.54, 1.807) is 14.0 Å². The van der Waals surface area contributed by atoms with Gasteiger partial charge in [0.1, 0.15) is 5.75 Å². The van der Waals surface area contributed by atoms with Crippen molar-refractivity contribution < 1.29 is 14.3 Å². The number of carbonyl (C=O) groups is 2. The molecular formula is C21H23N5O3S2. The number of carbonyl (C=O) groups excluding carboxylic acids is 2. The van der Waals surface area contributed by atoms with Gasteiger partial charge < -0.3 is 15.4 Å². The Morgan fingerprint density at radius 1 is 1.13 bits per heavy atom. The number of hydrogen-bond acceptors (Lipinski definition) is 8. The fourth-order valence-corrected chi connectivity index (χ4v) is 4.57. The van der Waals surface area contributed by atoms with Crippen LogP contribution in [0.5, 0.6) is 5.75 Å². The monoisotopic (exact) mass is 457 g/mol. The highest BCUT2D eigenvalue weighted by Crippen LogP contribution is 2.31. The van der Waals surface area contributed by atoms with Gasteiger partial charge >= 0.3 is 6.03 Å². The second-order valence-corrected chi connectivity index (χ2v) is 9.32. The third-order valence-electron chi connectivity index (χ3n) is 4.24. The highest BCUT2D eigenvalue weighted by molar-refractivity contribution is 8.02. The molecule has 31 heavy (non-hydrogen) atoms. The topological polar surface area (TPSA) is 105 Å². The highest BCUT2D eigenvalue weighted by atomic mass is 32.2. The van der Waals surface area contributed by atoms with Gasteiger partial charge in [0.05, 0.1) is 12.4 Å². The van der Waals surface area contributed by atoms with Gasteiger partial charge in [0.15, 0.2) is 4.34 Å². The second kappa shape index (κ2) is 10.3. The molecule has 0 saturated heterocycles. The van der Waals surface area contributed by atoms with Crippen LogP contribution in [-0.2, 0) is 4.79 Å². The van der Waals surface area contributed by atoms with E-state index in [4.69, 9.17) is 4.74 Å². The average molecular weight is 458 g/mol. The molecule has 0 spiro atoms. The Morgan fingerprint density at radius 3 is 2.68 bits per heavy atom. The number of nitrogens with zero attached hydrogens (tertiary/aromatic N) is 2. The van der Waals surface area contributed by atoms with Crippen LogP contribution in [0.25, 0.3) is 0 Å². The van der Waals surface area contributed by atoms with Crippen molar-refractivity contribution in [1.82, 2.24) is 15.5 Å². The second-order valence-electron chi connectivity index (χ2n) is 6.75. The van der Waals surface area contributed by atoms with Gasteiger partial charge in [-0.1, -0.05) is 46.9 Å². The van der Waals surface area contributed by atoms with Crippen LogP contribution in [0.2, 0.25) is 0 Å². The summed E-state index contributed by atoms with van der Waals surface area (Å²) >= 11 is 2.55. The molecule has 3 amide bonds. The molecule has 1 heterocycles. The number of urea groups is 1. The number of hydrogen-bond donors (Lipinski definition) is 3. The van der Waals surface area contributed by atoms with Gasteiger partial charge in [-0.05, 0) is 44.5 Å². The molecular weight excluding hydrogens is 434 g/mol. The standard InChI is InChI=1S/C21H23N5O3S2/c1-12-8-9-17(13(2)10-12)23-19(28)24-18(27)14(3)30-21-26-25-20(31-21)22-15-6-5-7-16(11-15)29-4/h5-11,14H,1-4H3,(H,22,25)(H2,23,24,27,28). The van der Waals surface area contributed by atoms with E-state index in [-0.39, 0.29) is 0 Å². The van der Waals surface area contributed by atoms with Gasteiger partial charge in [-0.2, -0.15) is 0 Å². The maximum atomic E-state index is 12.4. The molecule has 8 nitrogen and oxygen atoms in total. The van der Waals surface area contributed by atoms with Crippen LogP contribution in [0.4, 0.5) is 21.3 Å². The Hall–Kier alpha value is -3.11. The Kier molecular flexibility index (Phi) is 7.48. The summed E-state index contributed by atoms with van der Waals surface area (Å²) in [5, 5.41) is 16.5. The van der Waals surface area contributed by atoms with Crippen molar-refractivity contribution in [2.45, 2.75) is 30.4 Å². The summed E-state index contributed by atoms with van der Waals surface area (Å²) in [7, 11) is 1.60. The predicted octanol–water partition coefficient (Wildman–Crippen LogP) is 4.74. The van der Waals surface area contributed by atoms with Crippen LogP contribution in [0.15, 0.2) is 46.8 Å². The third-order valence-corrected chi connectivity index (χ3v) is 6.26. The zero-order valence-electron chi connectivity index (χ0n) is 17.6. The zero-order chi connectivity index (χ0) is 22.4. The minimum absolute atomic E-state index is 0.412. The summed E-state index contributed by atoms with van der Waals surface area (Å²) in [6.45, 7) is 5.58. The first-order chi connectivity index (χ1) is 14.8. The number of imide groups is 1. The number of methoxy groups -OCH3 is 1. The molecule has 2 aromatic carbocycles. The molecule has 0 aliphatic heterocycles. The molecule has 0 fully saturated rings. The average Bonchev–Trinajstić information content (AvgIpc) is 3.16. The van der Waals surface area contributed by atoms with Gasteiger partial charge in [-0.25, -0.2) is 4.79 Å². The summed E-state index contributed by atoms with van der Waals surface area (Å²) in [6, 6.07) is 12.6. The number of aromatic nitrogens is 2. The van der Waals surface area contributed by atoms with Gasteiger partial charge in [0.2, 0.25) is 11.0 Å². The lowest BCUT2D eigenvalue weighted by atomic mass is 10.1. The molecule has 1 unspecified atom stereocenters. The number of ether oxygens (including phenoxy) is 1. The number of aryl methyl sites for hydroxylation is 2. The van der Waals surface area contributed by atoms with E-state index in [2.05, 4.69) is 26.1 Å². The first kappa shape index (κ1) is 22.6. The van der Waals surface area contributed by atoms with Crippen LogP contribution in [0.3, 0.4) is 0 Å². The fraction of sp³-hybridized carbons (Fsp3) is 0.238. The quantitative estimate of drug-likeness (QED) is 0.440. The van der Waals surface area contributed by atoms with E-state index >= 15 is 0 Å². The Bertz CT molecular complexity index is 1090. The van der Waals surface area contributed by atoms with Crippen molar-refractivity contribution in [3.05, 3.63) is 53.6 Å². The summed E-state index contributed by atoms with van der Waals surface area (Å²) in [6.07, 6.45) is 0. The lowest BCUT2D eigenvalue weighted by molar-refractivity contribution is -0.119. The van der Waals surface area contributed by atoms with E-state index in [1.807, 2.05) is 56.3 Å². The van der Waals surface area contributed by atoms with Crippen LogP contribution in [0, 0.1) is 13.8 Å². The Balaban J connectivity index is 1.53. The summed E-state index contributed by atoms with van der Waals surface area (Å²) in [4.78, 5) is 24.6. The summed E-state index contributed by atoms with van der Waals surface area (Å²) in [5.74, 6) is 0.318. The van der Waals surface area contributed by atoms with Crippen molar-refractivity contribution in [1.29, 1.82) is 0 Å². The molecule has 0 saturated carbocycles. The van der Waals surface area contributed by atoms with Crippen LogP contribution in [-0.4, -0.2) is 34.5 Å². The van der Waals surface area contributed by atoms with Crippen molar-refractivity contribution in [3.63, 3.8) is 0 Å². The first-order valence-corrected chi connectivity index (χ1v) is 11.1. The molecule has 3 N–H and O–H groups in total. The number of amides is 3. The molecule has 1 atom stereocenters. The van der Waals surface area contributed by atoms with E-state index in [0.29, 0.717) is 15.2 Å². The van der Waals surface area contributed by atoms with Crippen molar-refractivity contribution in [2.24, 2.45) is 0 Å². The maximum absolute atomic E-state index is 12.4. The molecule has 0 bridgehead atoms. The number of benzene rings is 2. The molecule has 3 aromatic rings. The van der Waals surface area contributed by atoms with Crippen molar-refractivity contribution >= 4 is 51.5 Å². The summed E-state index contributed by atoms with van der Waals surface area (Å²) in [5.41, 5.74) is 3.51. The zero-order valence-corrected chi connectivity index (χ0v) is 19.2. The SMILES string of the molecule is COc1cccc(Nc2nnc(SC(C)C(=O)NC(=O)Nc3ccc(C)cc3C)s2)c1. The first-order valence-electron chi connectivity index (χ1n) is 9.44. The summed E-state index contributed by atoms with van der Waals surface area (Å²) < 4.78 is 5.82.